The van der Waals surface area contributed by atoms with Gasteiger partial charge in [-0.15, -0.1) is 0 Å². The van der Waals surface area contributed by atoms with E-state index in [4.69, 9.17) is 0 Å². The van der Waals surface area contributed by atoms with Gasteiger partial charge in [-0.1, -0.05) is 6.07 Å². The van der Waals surface area contributed by atoms with E-state index in [0.717, 1.165) is 32.0 Å². The fourth-order valence-corrected chi connectivity index (χ4v) is 4.11. The molecular formula is C20H23N3O3S. The molecule has 0 radical (unpaired) electrons. The summed E-state index contributed by atoms with van der Waals surface area (Å²) in [7, 11) is -2.32. The maximum atomic E-state index is 12.7. The summed E-state index contributed by atoms with van der Waals surface area (Å²) in [6.45, 7) is 5.48. The van der Waals surface area contributed by atoms with E-state index in [9.17, 15) is 13.2 Å². The van der Waals surface area contributed by atoms with E-state index in [0.29, 0.717) is 5.69 Å². The monoisotopic (exact) mass is 385 g/mol. The summed E-state index contributed by atoms with van der Waals surface area (Å²) in [6, 6.07) is 12.5. The number of amides is 1. The number of anilines is 1. The quantitative estimate of drug-likeness (QED) is 0.707. The number of hydrogen-bond donors (Lipinski definition) is 2. The van der Waals surface area contributed by atoms with Gasteiger partial charge in [0.2, 0.25) is 15.9 Å². The molecule has 7 heteroatoms. The summed E-state index contributed by atoms with van der Waals surface area (Å²) >= 11 is 0. The highest BCUT2D eigenvalue weighted by atomic mass is 32.2. The molecule has 2 N–H and O–H groups in total. The zero-order valence-electron chi connectivity index (χ0n) is 15.8. The second kappa shape index (κ2) is 7.17. The maximum absolute atomic E-state index is 12.7. The molecule has 3 aromatic rings. The molecule has 0 fully saturated rings. The Morgan fingerprint density at radius 2 is 1.78 bits per heavy atom. The van der Waals surface area contributed by atoms with Crippen LogP contribution in [0.4, 0.5) is 5.69 Å². The maximum Gasteiger partial charge on any atom is 0.243 e. The van der Waals surface area contributed by atoms with Crippen molar-refractivity contribution in [2.45, 2.75) is 25.7 Å². The molecule has 142 valence electrons. The summed E-state index contributed by atoms with van der Waals surface area (Å²) in [6.07, 6.45) is 0. The molecule has 1 amide bonds. The second-order valence-electron chi connectivity index (χ2n) is 6.81. The van der Waals surface area contributed by atoms with Gasteiger partial charge in [0.15, 0.2) is 0 Å². The lowest BCUT2D eigenvalue weighted by molar-refractivity contribution is -0.116. The predicted molar refractivity (Wildman–Crippen MR) is 107 cm³/mol. The second-order valence-corrected chi connectivity index (χ2v) is 8.85. The molecule has 0 atom stereocenters. The average Bonchev–Trinajstić information content (AvgIpc) is 2.96. The molecule has 0 aliphatic carbocycles. The molecule has 0 spiro atoms. The number of nitrogens with one attached hydrogen (secondary N) is 2. The van der Waals surface area contributed by atoms with Crippen LogP contribution in [0.3, 0.4) is 0 Å². The molecule has 3 rings (SSSR count). The van der Waals surface area contributed by atoms with Gasteiger partial charge in [-0.2, -0.15) is 4.31 Å². The highest BCUT2D eigenvalue weighted by molar-refractivity contribution is 7.89. The number of hydrogen-bond acceptors (Lipinski definition) is 3. The lowest BCUT2D eigenvalue weighted by Gasteiger charge is -2.17. The number of aryl methyl sites for hydroxylation is 3. The third kappa shape index (κ3) is 4.04. The van der Waals surface area contributed by atoms with E-state index in [1.807, 2.05) is 39.0 Å². The summed E-state index contributed by atoms with van der Waals surface area (Å²) in [4.78, 5) is 15.7. The van der Waals surface area contributed by atoms with Crippen LogP contribution >= 0.6 is 0 Å². The smallest absolute Gasteiger partial charge is 0.243 e. The number of sulfonamides is 1. The van der Waals surface area contributed by atoms with Crippen LogP contribution in [0.15, 0.2) is 47.4 Å². The van der Waals surface area contributed by atoms with E-state index >= 15 is 0 Å². The first kappa shape index (κ1) is 19.1. The fourth-order valence-electron chi connectivity index (χ4n) is 2.90. The Bertz CT molecular complexity index is 1120. The minimum atomic E-state index is -3.73. The van der Waals surface area contributed by atoms with Crippen molar-refractivity contribution in [1.29, 1.82) is 0 Å². The number of rotatable bonds is 5. The first-order chi connectivity index (χ1) is 12.7. The van der Waals surface area contributed by atoms with E-state index in [2.05, 4.69) is 10.3 Å². The lowest BCUT2D eigenvalue weighted by atomic mass is 10.1. The van der Waals surface area contributed by atoms with Crippen LogP contribution in [0.1, 0.15) is 16.8 Å². The van der Waals surface area contributed by atoms with Crippen molar-refractivity contribution in [3.8, 4) is 0 Å². The molecule has 0 bridgehead atoms. The zero-order chi connectivity index (χ0) is 19.8. The Morgan fingerprint density at radius 1 is 1.04 bits per heavy atom. The fraction of sp³-hybridized carbons (Fsp3) is 0.250. The number of fused-ring (bicyclic) bond motifs is 1. The molecule has 1 aromatic heterocycles. The topological polar surface area (TPSA) is 82.3 Å². The Kier molecular flexibility index (Phi) is 5.08. The number of likely N-dealkylation sites (N-methyl/N-ethyl adjacent to an activating group) is 1. The van der Waals surface area contributed by atoms with E-state index in [1.165, 1.54) is 7.05 Å². The number of nitrogens with zero attached hydrogens (tertiary/aromatic N) is 1. The van der Waals surface area contributed by atoms with Gasteiger partial charge in [0, 0.05) is 29.3 Å². The Morgan fingerprint density at radius 3 is 2.48 bits per heavy atom. The molecule has 2 aromatic carbocycles. The van der Waals surface area contributed by atoms with Gasteiger partial charge in [-0.05, 0) is 68.3 Å². The van der Waals surface area contributed by atoms with Gasteiger partial charge in [-0.3, -0.25) is 4.79 Å². The van der Waals surface area contributed by atoms with Gasteiger partial charge in [0.1, 0.15) is 0 Å². The van der Waals surface area contributed by atoms with Crippen molar-refractivity contribution in [3.05, 3.63) is 59.3 Å². The molecule has 0 aliphatic heterocycles. The van der Waals surface area contributed by atoms with Crippen LogP contribution in [-0.2, 0) is 14.8 Å². The van der Waals surface area contributed by atoms with Crippen molar-refractivity contribution in [2.75, 3.05) is 18.9 Å². The standard InChI is InChI=1S/C20H23N3O3S/c1-13-5-7-18(9-14(13)2)27(25,26)23(4)12-20(24)22-17-6-8-19-16(11-17)10-15(3)21-19/h5-11,21H,12H2,1-4H3,(H,22,24). The molecule has 27 heavy (non-hydrogen) atoms. The molecule has 0 unspecified atom stereocenters. The van der Waals surface area contributed by atoms with Crippen LogP contribution in [-0.4, -0.2) is 37.2 Å². The minimum Gasteiger partial charge on any atom is -0.359 e. The van der Waals surface area contributed by atoms with E-state index in [1.54, 1.807) is 24.3 Å². The van der Waals surface area contributed by atoms with Crippen molar-refractivity contribution in [1.82, 2.24) is 9.29 Å². The van der Waals surface area contributed by atoms with Crippen molar-refractivity contribution in [2.24, 2.45) is 0 Å². The average molecular weight is 385 g/mol. The van der Waals surface area contributed by atoms with Crippen LogP contribution in [0.5, 0.6) is 0 Å². The summed E-state index contributed by atoms with van der Waals surface area (Å²) < 4.78 is 26.5. The van der Waals surface area contributed by atoms with Crippen LogP contribution in [0.2, 0.25) is 0 Å². The summed E-state index contributed by atoms with van der Waals surface area (Å²) in [5.74, 6) is -0.392. The Labute approximate surface area is 159 Å². The highest BCUT2D eigenvalue weighted by Gasteiger charge is 2.23. The first-order valence-corrected chi connectivity index (χ1v) is 10.0. The normalized spacial score (nSPS) is 11.9. The number of aromatic nitrogens is 1. The minimum absolute atomic E-state index is 0.185. The number of H-pyrrole nitrogens is 1. The summed E-state index contributed by atoms with van der Waals surface area (Å²) in [5.41, 5.74) is 4.56. The van der Waals surface area contributed by atoms with Gasteiger partial charge in [0.25, 0.3) is 0 Å². The molecule has 0 saturated heterocycles. The van der Waals surface area contributed by atoms with Crippen molar-refractivity contribution >= 4 is 32.5 Å². The number of aromatic amines is 1. The van der Waals surface area contributed by atoms with Gasteiger partial charge in [-0.25, -0.2) is 8.42 Å². The van der Waals surface area contributed by atoms with Gasteiger partial charge < -0.3 is 10.3 Å². The number of benzene rings is 2. The third-order valence-electron chi connectivity index (χ3n) is 4.59. The van der Waals surface area contributed by atoms with Gasteiger partial charge in [0.05, 0.1) is 11.4 Å². The number of carbonyl (C=O) groups is 1. The number of carbonyl (C=O) groups excluding carboxylic acids is 1. The van der Waals surface area contributed by atoms with Gasteiger partial charge >= 0.3 is 0 Å². The summed E-state index contributed by atoms with van der Waals surface area (Å²) in [5, 5.41) is 3.75. The Balaban J connectivity index is 1.72. The highest BCUT2D eigenvalue weighted by Crippen LogP contribution is 2.21. The third-order valence-corrected chi connectivity index (χ3v) is 6.39. The Hall–Kier alpha value is -2.64. The van der Waals surface area contributed by atoms with Crippen molar-refractivity contribution < 1.29 is 13.2 Å². The zero-order valence-corrected chi connectivity index (χ0v) is 16.6. The SMILES string of the molecule is Cc1cc2cc(NC(=O)CN(C)S(=O)(=O)c3ccc(C)c(C)c3)ccc2[nH]1. The largest absolute Gasteiger partial charge is 0.359 e. The molecule has 0 aliphatic rings. The molecular weight excluding hydrogens is 362 g/mol. The lowest BCUT2D eigenvalue weighted by Crippen LogP contribution is -2.35. The van der Waals surface area contributed by atoms with Crippen LogP contribution < -0.4 is 5.32 Å². The van der Waals surface area contributed by atoms with E-state index < -0.39 is 15.9 Å². The molecule has 6 nitrogen and oxygen atoms in total. The van der Waals surface area contributed by atoms with E-state index in [-0.39, 0.29) is 11.4 Å². The van der Waals surface area contributed by atoms with Crippen molar-refractivity contribution in [3.63, 3.8) is 0 Å². The first-order valence-electron chi connectivity index (χ1n) is 8.59. The predicted octanol–water partition coefficient (Wildman–Crippen LogP) is 3.35. The van der Waals surface area contributed by atoms with Crippen LogP contribution in [0, 0.1) is 20.8 Å². The molecule has 1 heterocycles. The van der Waals surface area contributed by atoms with Crippen LogP contribution in [0.25, 0.3) is 10.9 Å². The molecule has 0 saturated carbocycles.